The lowest BCUT2D eigenvalue weighted by Crippen LogP contribution is -2.33. The molecule has 0 amide bonds. The molecule has 1 heteroatoms. The summed E-state index contributed by atoms with van der Waals surface area (Å²) in [5.41, 5.74) is 0. The second-order valence-corrected chi connectivity index (χ2v) is 4.18. The molecule has 63 valence electrons. The zero-order valence-electron chi connectivity index (χ0n) is 7.09. The van der Waals surface area contributed by atoms with Crippen LogP contribution in [0.2, 0.25) is 0 Å². The molecule has 2 aliphatic carbocycles. The smallest absolute Gasteiger partial charge is 0.0960 e. The van der Waals surface area contributed by atoms with Gasteiger partial charge in [0.2, 0.25) is 0 Å². The molecule has 11 heavy (non-hydrogen) atoms. The lowest BCUT2D eigenvalue weighted by atomic mass is 9.69. The SMILES string of the molecule is [O][C@H]1CCC[C@@H]2CCCCC21. The topological polar surface area (TPSA) is 19.9 Å². The highest BCUT2D eigenvalue weighted by atomic mass is 16.3. The first-order valence-electron chi connectivity index (χ1n) is 5.04. The van der Waals surface area contributed by atoms with Crippen molar-refractivity contribution in [2.45, 2.75) is 51.0 Å². The minimum absolute atomic E-state index is 0.200. The van der Waals surface area contributed by atoms with Gasteiger partial charge in [0.25, 0.3) is 0 Å². The summed E-state index contributed by atoms with van der Waals surface area (Å²) in [4.78, 5) is 0. The van der Waals surface area contributed by atoms with Crippen molar-refractivity contribution in [1.82, 2.24) is 0 Å². The Morgan fingerprint density at radius 1 is 0.818 bits per heavy atom. The third kappa shape index (κ3) is 1.44. The number of fused-ring (bicyclic) bond motifs is 1. The summed E-state index contributed by atoms with van der Waals surface area (Å²) >= 11 is 0. The molecule has 1 nitrogen and oxygen atoms in total. The molecule has 2 aliphatic rings. The van der Waals surface area contributed by atoms with Gasteiger partial charge in [-0.25, -0.2) is 5.11 Å². The Kier molecular flexibility index (Phi) is 2.17. The molecule has 0 aromatic rings. The van der Waals surface area contributed by atoms with Crippen LogP contribution < -0.4 is 0 Å². The van der Waals surface area contributed by atoms with E-state index in [2.05, 4.69) is 0 Å². The third-order valence-electron chi connectivity index (χ3n) is 3.51. The van der Waals surface area contributed by atoms with Crippen molar-refractivity contribution in [3.8, 4) is 0 Å². The maximum Gasteiger partial charge on any atom is 0.0960 e. The molecule has 0 aromatic heterocycles. The first-order chi connectivity index (χ1) is 5.38. The molecule has 1 radical (unpaired) electrons. The minimum Gasteiger partial charge on any atom is -0.233 e. The molecule has 0 N–H and O–H groups in total. The Morgan fingerprint density at radius 2 is 1.55 bits per heavy atom. The van der Waals surface area contributed by atoms with Gasteiger partial charge in [-0.2, -0.15) is 0 Å². The normalized spacial score (nSPS) is 45.0. The van der Waals surface area contributed by atoms with Gasteiger partial charge < -0.3 is 0 Å². The van der Waals surface area contributed by atoms with Gasteiger partial charge in [0.15, 0.2) is 0 Å². The lowest BCUT2D eigenvalue weighted by Gasteiger charge is -2.37. The summed E-state index contributed by atoms with van der Waals surface area (Å²) in [6.07, 6.45) is 8.60. The van der Waals surface area contributed by atoms with E-state index >= 15 is 0 Å². The Balaban J connectivity index is 1.99. The predicted octanol–water partition coefficient (Wildman–Crippen LogP) is 2.78. The molecule has 0 spiro atoms. The van der Waals surface area contributed by atoms with E-state index in [0.29, 0.717) is 5.92 Å². The summed E-state index contributed by atoms with van der Waals surface area (Å²) in [6, 6.07) is 0. The van der Waals surface area contributed by atoms with Crippen LogP contribution in [-0.2, 0) is 5.11 Å². The van der Waals surface area contributed by atoms with Crippen molar-refractivity contribution in [3.05, 3.63) is 0 Å². The molecule has 0 aliphatic heterocycles. The minimum atomic E-state index is -0.200. The van der Waals surface area contributed by atoms with E-state index in [9.17, 15) is 5.11 Å². The quantitative estimate of drug-likeness (QED) is 0.510. The van der Waals surface area contributed by atoms with Crippen LogP contribution in [0.1, 0.15) is 44.9 Å². The van der Waals surface area contributed by atoms with Crippen LogP contribution in [0.3, 0.4) is 0 Å². The average Bonchev–Trinajstić information content (AvgIpc) is 2.06. The van der Waals surface area contributed by atoms with Gasteiger partial charge in [0, 0.05) is 0 Å². The van der Waals surface area contributed by atoms with Crippen LogP contribution in [0.5, 0.6) is 0 Å². The number of hydrogen-bond acceptors (Lipinski definition) is 0. The molecule has 2 fully saturated rings. The van der Waals surface area contributed by atoms with Gasteiger partial charge >= 0.3 is 0 Å². The van der Waals surface area contributed by atoms with E-state index in [1.165, 1.54) is 38.5 Å². The highest BCUT2D eigenvalue weighted by Gasteiger charge is 2.34. The Hall–Kier alpha value is -0.0400. The molecule has 2 saturated carbocycles. The van der Waals surface area contributed by atoms with E-state index in [-0.39, 0.29) is 6.10 Å². The second kappa shape index (κ2) is 3.14. The summed E-state index contributed by atoms with van der Waals surface area (Å²) in [5, 5.41) is 11.5. The van der Waals surface area contributed by atoms with Crippen LogP contribution in [0.15, 0.2) is 0 Å². The van der Waals surface area contributed by atoms with E-state index in [1.54, 1.807) is 0 Å². The fourth-order valence-electron chi connectivity index (χ4n) is 2.88. The van der Waals surface area contributed by atoms with Crippen LogP contribution in [0.4, 0.5) is 0 Å². The maximum atomic E-state index is 11.5. The predicted molar refractivity (Wildman–Crippen MR) is 43.8 cm³/mol. The Bertz CT molecular complexity index is 131. The van der Waals surface area contributed by atoms with Gasteiger partial charge in [-0.15, -0.1) is 0 Å². The van der Waals surface area contributed by atoms with Gasteiger partial charge in [0.1, 0.15) is 0 Å². The summed E-state index contributed by atoms with van der Waals surface area (Å²) in [7, 11) is 0. The second-order valence-electron chi connectivity index (χ2n) is 4.18. The van der Waals surface area contributed by atoms with Crippen LogP contribution in [-0.4, -0.2) is 6.10 Å². The van der Waals surface area contributed by atoms with E-state index in [1.807, 2.05) is 0 Å². The van der Waals surface area contributed by atoms with Gasteiger partial charge in [-0.3, -0.25) is 0 Å². The molecule has 1 unspecified atom stereocenters. The maximum absolute atomic E-state index is 11.5. The fraction of sp³-hybridized carbons (Fsp3) is 1.00. The molecule has 0 aromatic carbocycles. The van der Waals surface area contributed by atoms with E-state index < -0.39 is 0 Å². The van der Waals surface area contributed by atoms with Crippen molar-refractivity contribution >= 4 is 0 Å². The molecular formula is C10H17O. The lowest BCUT2D eigenvalue weighted by molar-refractivity contribution is -0.0351. The fourth-order valence-corrected chi connectivity index (χ4v) is 2.88. The molecule has 0 heterocycles. The van der Waals surface area contributed by atoms with Crippen LogP contribution in [0.25, 0.3) is 0 Å². The van der Waals surface area contributed by atoms with Gasteiger partial charge in [0.05, 0.1) is 6.10 Å². The molecule has 2 rings (SSSR count). The number of hydrogen-bond donors (Lipinski definition) is 0. The largest absolute Gasteiger partial charge is 0.233 e. The highest BCUT2D eigenvalue weighted by Crippen LogP contribution is 2.40. The van der Waals surface area contributed by atoms with Crippen molar-refractivity contribution < 1.29 is 5.11 Å². The van der Waals surface area contributed by atoms with Crippen molar-refractivity contribution in [1.29, 1.82) is 0 Å². The standard InChI is InChI=1S/C10H17O/c11-10-7-3-5-8-4-1-2-6-9(8)10/h8-10H,1-7H2/t8-,9?,10-/m0/s1. The Morgan fingerprint density at radius 3 is 2.36 bits per heavy atom. The molecule has 3 atom stereocenters. The van der Waals surface area contributed by atoms with Gasteiger partial charge in [-0.1, -0.05) is 25.7 Å². The first-order valence-corrected chi connectivity index (χ1v) is 5.04. The third-order valence-corrected chi connectivity index (χ3v) is 3.51. The zero-order chi connectivity index (χ0) is 7.68. The van der Waals surface area contributed by atoms with E-state index in [0.717, 1.165) is 12.3 Å². The highest BCUT2D eigenvalue weighted by molar-refractivity contribution is 4.84. The number of rotatable bonds is 0. The zero-order valence-corrected chi connectivity index (χ0v) is 7.09. The summed E-state index contributed by atoms with van der Waals surface area (Å²) in [5.74, 6) is 1.39. The van der Waals surface area contributed by atoms with Crippen molar-refractivity contribution in [2.75, 3.05) is 0 Å². The van der Waals surface area contributed by atoms with Crippen LogP contribution in [0, 0.1) is 11.8 Å². The van der Waals surface area contributed by atoms with Crippen molar-refractivity contribution in [3.63, 3.8) is 0 Å². The summed E-state index contributed by atoms with van der Waals surface area (Å²) in [6.45, 7) is 0. The first kappa shape index (κ1) is 7.60. The molecule has 0 bridgehead atoms. The van der Waals surface area contributed by atoms with Gasteiger partial charge in [-0.05, 0) is 31.1 Å². The molecule has 0 saturated heterocycles. The van der Waals surface area contributed by atoms with Crippen molar-refractivity contribution in [2.24, 2.45) is 11.8 Å². The van der Waals surface area contributed by atoms with E-state index in [4.69, 9.17) is 0 Å². The monoisotopic (exact) mass is 153 g/mol. The summed E-state index contributed by atoms with van der Waals surface area (Å²) < 4.78 is 0. The average molecular weight is 153 g/mol. The van der Waals surface area contributed by atoms with Crippen LogP contribution >= 0.6 is 0 Å². The Labute approximate surface area is 68.8 Å². The molecular weight excluding hydrogens is 136 g/mol.